The van der Waals surface area contributed by atoms with E-state index in [9.17, 15) is 4.79 Å². The van der Waals surface area contributed by atoms with Crippen LogP contribution in [0, 0.1) is 5.92 Å². The third kappa shape index (κ3) is 4.41. The molecule has 1 fully saturated rings. The molecule has 0 bridgehead atoms. The van der Waals surface area contributed by atoms with Crippen LogP contribution in [0.2, 0.25) is 0 Å². The molecule has 4 nitrogen and oxygen atoms in total. The molecule has 4 heteroatoms. The molecule has 0 saturated heterocycles. The van der Waals surface area contributed by atoms with Crippen LogP contribution in [0.1, 0.15) is 24.0 Å². The van der Waals surface area contributed by atoms with E-state index in [0.717, 1.165) is 24.0 Å². The van der Waals surface area contributed by atoms with Gasteiger partial charge in [-0.15, -0.1) is 0 Å². The molecule has 25 heavy (non-hydrogen) atoms. The van der Waals surface area contributed by atoms with Gasteiger partial charge in [0.2, 0.25) is 5.75 Å². The van der Waals surface area contributed by atoms with Crippen molar-refractivity contribution in [3.63, 3.8) is 0 Å². The maximum absolute atomic E-state index is 11.8. The van der Waals surface area contributed by atoms with Crippen LogP contribution in [0.5, 0.6) is 17.2 Å². The molecule has 2 aromatic rings. The molecule has 2 aromatic carbocycles. The maximum Gasteiger partial charge on any atom is 0.203 e. The zero-order valence-electron chi connectivity index (χ0n) is 14.5. The molecule has 0 unspecified atom stereocenters. The molecule has 0 spiro atoms. The Morgan fingerprint density at radius 1 is 1.08 bits per heavy atom. The van der Waals surface area contributed by atoms with Gasteiger partial charge in [0.05, 0.1) is 14.2 Å². The molecule has 0 radical (unpaired) electrons. The maximum atomic E-state index is 11.8. The fraction of sp³-hybridized carbons (Fsp3) is 0.286. The van der Waals surface area contributed by atoms with Crippen molar-refractivity contribution in [3.05, 3.63) is 59.7 Å². The van der Waals surface area contributed by atoms with Crippen molar-refractivity contribution >= 4 is 11.9 Å². The first kappa shape index (κ1) is 17.1. The second kappa shape index (κ2) is 7.88. The molecule has 0 heterocycles. The predicted octanol–water partition coefficient (Wildman–Crippen LogP) is 4.28. The van der Waals surface area contributed by atoms with Crippen molar-refractivity contribution in [2.75, 3.05) is 14.2 Å². The third-order valence-electron chi connectivity index (χ3n) is 4.13. The summed E-state index contributed by atoms with van der Waals surface area (Å²) in [5.41, 5.74) is 1.90. The van der Waals surface area contributed by atoms with Crippen LogP contribution >= 0.6 is 0 Å². The first-order chi connectivity index (χ1) is 12.2. The Balaban J connectivity index is 1.80. The highest BCUT2D eigenvalue weighted by Gasteiger charge is 2.27. The second-order valence-corrected chi connectivity index (χ2v) is 6.04. The lowest BCUT2D eigenvalue weighted by molar-refractivity contribution is -0.115. The summed E-state index contributed by atoms with van der Waals surface area (Å²) in [6.45, 7) is 0.420. The quantitative estimate of drug-likeness (QED) is 0.674. The van der Waals surface area contributed by atoms with E-state index >= 15 is 0 Å². The number of hydrogen-bond donors (Lipinski definition) is 0. The lowest BCUT2D eigenvalue weighted by atomic mass is 10.1. The summed E-state index contributed by atoms with van der Waals surface area (Å²) in [5.74, 6) is 2.11. The van der Waals surface area contributed by atoms with Crippen molar-refractivity contribution in [3.8, 4) is 17.2 Å². The van der Waals surface area contributed by atoms with Crippen LogP contribution in [-0.2, 0) is 11.4 Å². The Hall–Kier alpha value is -2.75. The molecule has 0 amide bonds. The van der Waals surface area contributed by atoms with E-state index in [1.54, 1.807) is 26.4 Å². The monoisotopic (exact) mass is 338 g/mol. The van der Waals surface area contributed by atoms with Gasteiger partial charge in [0.15, 0.2) is 17.3 Å². The number of allylic oxidation sites excluding steroid dienone is 1. The van der Waals surface area contributed by atoms with Crippen LogP contribution in [0.3, 0.4) is 0 Å². The average Bonchev–Trinajstić information content (AvgIpc) is 3.50. The number of carbonyl (C=O) groups excluding carboxylic acids is 1. The van der Waals surface area contributed by atoms with Gasteiger partial charge in [0.1, 0.15) is 6.61 Å². The second-order valence-electron chi connectivity index (χ2n) is 6.04. The third-order valence-corrected chi connectivity index (χ3v) is 4.13. The zero-order chi connectivity index (χ0) is 17.6. The minimum atomic E-state index is 0.183. The van der Waals surface area contributed by atoms with E-state index in [1.807, 2.05) is 42.5 Å². The van der Waals surface area contributed by atoms with Crippen molar-refractivity contribution in [1.82, 2.24) is 0 Å². The van der Waals surface area contributed by atoms with Crippen LogP contribution < -0.4 is 14.2 Å². The van der Waals surface area contributed by atoms with E-state index in [0.29, 0.717) is 23.9 Å². The number of rotatable bonds is 8. The summed E-state index contributed by atoms with van der Waals surface area (Å²) in [6.07, 6.45) is 5.44. The van der Waals surface area contributed by atoms with Crippen molar-refractivity contribution in [2.24, 2.45) is 5.92 Å². The van der Waals surface area contributed by atoms with E-state index in [4.69, 9.17) is 14.2 Å². The number of carbonyl (C=O) groups is 1. The molecule has 1 saturated carbocycles. The number of benzene rings is 2. The van der Waals surface area contributed by atoms with Gasteiger partial charge in [0.25, 0.3) is 0 Å². The zero-order valence-corrected chi connectivity index (χ0v) is 14.5. The van der Waals surface area contributed by atoms with Gasteiger partial charge in [-0.3, -0.25) is 4.79 Å². The Kier molecular flexibility index (Phi) is 5.39. The van der Waals surface area contributed by atoms with Crippen LogP contribution in [0.25, 0.3) is 6.08 Å². The topological polar surface area (TPSA) is 44.8 Å². The molecule has 0 aromatic heterocycles. The molecule has 1 aliphatic carbocycles. The van der Waals surface area contributed by atoms with Crippen LogP contribution in [0.4, 0.5) is 0 Å². The highest BCUT2D eigenvalue weighted by atomic mass is 16.5. The van der Waals surface area contributed by atoms with Gasteiger partial charge in [-0.1, -0.05) is 36.4 Å². The fourth-order valence-corrected chi connectivity index (χ4v) is 2.55. The molecule has 0 N–H and O–H groups in total. The van der Waals surface area contributed by atoms with Crippen LogP contribution in [-0.4, -0.2) is 20.0 Å². The van der Waals surface area contributed by atoms with Crippen molar-refractivity contribution in [2.45, 2.75) is 19.4 Å². The fourth-order valence-electron chi connectivity index (χ4n) is 2.55. The molecule has 0 aliphatic heterocycles. The summed E-state index contributed by atoms with van der Waals surface area (Å²) in [5, 5.41) is 0. The number of ether oxygens (including phenoxy) is 3. The number of hydrogen-bond acceptors (Lipinski definition) is 4. The summed E-state index contributed by atoms with van der Waals surface area (Å²) < 4.78 is 16.8. The van der Waals surface area contributed by atoms with Gasteiger partial charge in [-0.25, -0.2) is 0 Å². The lowest BCUT2D eigenvalue weighted by Crippen LogP contribution is -2.00. The Morgan fingerprint density at radius 2 is 1.72 bits per heavy atom. The van der Waals surface area contributed by atoms with Gasteiger partial charge in [-0.2, -0.15) is 0 Å². The van der Waals surface area contributed by atoms with Gasteiger partial charge < -0.3 is 14.2 Å². The SMILES string of the molecule is COc1cc(C=CC(=O)C2CC2)cc(OC)c1OCc1ccccc1. The van der Waals surface area contributed by atoms with Crippen LogP contribution in [0.15, 0.2) is 48.5 Å². The Bertz CT molecular complexity index is 736. The van der Waals surface area contributed by atoms with Crippen molar-refractivity contribution < 1.29 is 19.0 Å². The lowest BCUT2D eigenvalue weighted by Gasteiger charge is -2.15. The summed E-state index contributed by atoms with van der Waals surface area (Å²) in [6, 6.07) is 13.6. The molecule has 0 atom stereocenters. The van der Waals surface area contributed by atoms with Gasteiger partial charge in [0, 0.05) is 5.92 Å². The number of methoxy groups -OCH3 is 2. The normalized spacial score (nSPS) is 13.7. The summed E-state index contributed by atoms with van der Waals surface area (Å²) in [7, 11) is 3.18. The first-order valence-electron chi connectivity index (χ1n) is 8.36. The molecule has 1 aliphatic rings. The minimum Gasteiger partial charge on any atom is -0.493 e. The Labute approximate surface area is 148 Å². The number of ketones is 1. The van der Waals surface area contributed by atoms with Gasteiger partial charge in [-0.05, 0) is 42.2 Å². The Morgan fingerprint density at radius 3 is 2.28 bits per heavy atom. The highest BCUT2D eigenvalue weighted by Crippen LogP contribution is 2.39. The van der Waals surface area contributed by atoms with Crippen molar-refractivity contribution in [1.29, 1.82) is 0 Å². The average molecular weight is 338 g/mol. The minimum absolute atomic E-state index is 0.183. The molecule has 130 valence electrons. The summed E-state index contributed by atoms with van der Waals surface area (Å²) in [4.78, 5) is 11.8. The van der Waals surface area contributed by atoms with Gasteiger partial charge >= 0.3 is 0 Å². The highest BCUT2D eigenvalue weighted by molar-refractivity contribution is 5.96. The smallest absolute Gasteiger partial charge is 0.203 e. The summed E-state index contributed by atoms with van der Waals surface area (Å²) >= 11 is 0. The van der Waals surface area contributed by atoms with E-state index in [2.05, 4.69) is 0 Å². The predicted molar refractivity (Wildman–Crippen MR) is 97.1 cm³/mol. The largest absolute Gasteiger partial charge is 0.493 e. The molecule has 3 rings (SSSR count). The van der Waals surface area contributed by atoms with E-state index in [-0.39, 0.29) is 11.7 Å². The first-order valence-corrected chi connectivity index (χ1v) is 8.36. The molecular formula is C21H22O4. The standard InChI is InChI=1S/C21H22O4/c1-23-19-12-16(8-11-18(22)17-9-10-17)13-20(24-2)21(19)25-14-15-6-4-3-5-7-15/h3-8,11-13,17H,9-10,14H2,1-2H3. The molecular weight excluding hydrogens is 316 g/mol. The van der Waals surface area contributed by atoms with E-state index < -0.39 is 0 Å². The van der Waals surface area contributed by atoms with E-state index in [1.165, 1.54) is 0 Å².